The molecule has 2 aromatic rings. The number of carbonyl (C=O) groups excluding carboxylic acids is 1. The topological polar surface area (TPSA) is 46.5 Å². The van der Waals surface area contributed by atoms with Gasteiger partial charge in [0, 0.05) is 5.56 Å². The number of methoxy groups -OCH3 is 1. The molecule has 0 aromatic heterocycles. The van der Waals surface area contributed by atoms with E-state index >= 15 is 0 Å². The van der Waals surface area contributed by atoms with Crippen LogP contribution in [0.4, 0.5) is 0 Å². The highest BCUT2D eigenvalue weighted by Gasteiger charge is 2.32. The number of Topliss-reactive ketones (excluding diaryl/α,β-unsaturated/α-hetero) is 1. The molecule has 98 valence electrons. The molecule has 3 nitrogen and oxygen atoms in total. The Morgan fingerprint density at radius 2 is 1.63 bits per heavy atom. The molecule has 0 radical (unpaired) electrons. The first-order valence-electron chi connectivity index (χ1n) is 6.02. The van der Waals surface area contributed by atoms with Gasteiger partial charge in [0.1, 0.15) is 11.4 Å². The second-order valence-electron chi connectivity index (χ2n) is 4.50. The molecule has 0 aliphatic rings. The van der Waals surface area contributed by atoms with Crippen molar-refractivity contribution < 1.29 is 14.6 Å². The molecule has 0 saturated heterocycles. The summed E-state index contributed by atoms with van der Waals surface area (Å²) < 4.78 is 5.05. The first kappa shape index (κ1) is 13.3. The molecule has 0 aliphatic carbocycles. The van der Waals surface area contributed by atoms with E-state index in [-0.39, 0.29) is 5.78 Å². The van der Waals surface area contributed by atoms with Gasteiger partial charge in [-0.05, 0) is 36.8 Å². The van der Waals surface area contributed by atoms with Gasteiger partial charge in [-0.2, -0.15) is 0 Å². The van der Waals surface area contributed by atoms with Crippen molar-refractivity contribution in [2.24, 2.45) is 0 Å². The van der Waals surface area contributed by atoms with Crippen molar-refractivity contribution in [3.8, 4) is 5.75 Å². The summed E-state index contributed by atoms with van der Waals surface area (Å²) in [4.78, 5) is 12.4. The zero-order valence-corrected chi connectivity index (χ0v) is 11.0. The van der Waals surface area contributed by atoms with Crippen LogP contribution in [0.15, 0.2) is 54.6 Å². The maximum absolute atomic E-state index is 12.4. The van der Waals surface area contributed by atoms with Crippen LogP contribution in [0.25, 0.3) is 0 Å². The molecule has 0 bridgehead atoms. The van der Waals surface area contributed by atoms with E-state index in [9.17, 15) is 9.90 Å². The lowest BCUT2D eigenvalue weighted by Gasteiger charge is -2.22. The van der Waals surface area contributed by atoms with Gasteiger partial charge in [0.2, 0.25) is 0 Å². The van der Waals surface area contributed by atoms with E-state index in [1.54, 1.807) is 55.6 Å². The Balaban J connectivity index is 2.32. The van der Waals surface area contributed by atoms with E-state index in [0.29, 0.717) is 16.9 Å². The van der Waals surface area contributed by atoms with Crippen molar-refractivity contribution in [1.82, 2.24) is 0 Å². The molecule has 3 heteroatoms. The predicted octanol–water partition coefficient (Wildman–Crippen LogP) is 2.79. The van der Waals surface area contributed by atoms with Crippen molar-refractivity contribution in [2.75, 3.05) is 7.11 Å². The predicted molar refractivity (Wildman–Crippen MR) is 73.3 cm³/mol. The van der Waals surface area contributed by atoms with Gasteiger partial charge in [-0.25, -0.2) is 0 Å². The van der Waals surface area contributed by atoms with Gasteiger partial charge >= 0.3 is 0 Å². The van der Waals surface area contributed by atoms with Crippen molar-refractivity contribution in [1.29, 1.82) is 0 Å². The molecule has 0 unspecified atom stereocenters. The van der Waals surface area contributed by atoms with Crippen LogP contribution in [0.2, 0.25) is 0 Å². The van der Waals surface area contributed by atoms with Crippen LogP contribution in [0.5, 0.6) is 5.75 Å². The fourth-order valence-electron chi connectivity index (χ4n) is 1.92. The van der Waals surface area contributed by atoms with Crippen molar-refractivity contribution >= 4 is 5.78 Å². The molecule has 2 aromatic carbocycles. The molecule has 0 fully saturated rings. The van der Waals surface area contributed by atoms with Crippen LogP contribution in [-0.4, -0.2) is 18.0 Å². The van der Waals surface area contributed by atoms with Gasteiger partial charge in [-0.15, -0.1) is 0 Å². The Kier molecular flexibility index (Phi) is 3.67. The van der Waals surface area contributed by atoms with Crippen LogP contribution < -0.4 is 4.74 Å². The monoisotopic (exact) mass is 256 g/mol. The maximum atomic E-state index is 12.4. The van der Waals surface area contributed by atoms with E-state index in [2.05, 4.69) is 0 Å². The SMILES string of the molecule is COc1ccc(C(=O)[C@](C)(O)c2ccccc2)cc1. The zero-order chi connectivity index (χ0) is 13.9. The quantitative estimate of drug-likeness (QED) is 0.856. The number of ether oxygens (including phenoxy) is 1. The molecule has 2 rings (SSSR count). The molecule has 1 atom stereocenters. The number of carbonyl (C=O) groups is 1. The lowest BCUT2D eigenvalue weighted by molar-refractivity contribution is 0.0392. The summed E-state index contributed by atoms with van der Waals surface area (Å²) in [6, 6.07) is 15.6. The van der Waals surface area contributed by atoms with Gasteiger partial charge < -0.3 is 9.84 Å². The summed E-state index contributed by atoms with van der Waals surface area (Å²) in [6.07, 6.45) is 0. The van der Waals surface area contributed by atoms with Crippen molar-refractivity contribution in [2.45, 2.75) is 12.5 Å². The Morgan fingerprint density at radius 3 is 2.16 bits per heavy atom. The number of hydrogen-bond donors (Lipinski definition) is 1. The van der Waals surface area contributed by atoms with Gasteiger partial charge in [0.25, 0.3) is 0 Å². The second kappa shape index (κ2) is 5.24. The van der Waals surface area contributed by atoms with Gasteiger partial charge in [0.15, 0.2) is 5.78 Å². The van der Waals surface area contributed by atoms with Crippen molar-refractivity contribution in [3.05, 3.63) is 65.7 Å². The summed E-state index contributed by atoms with van der Waals surface area (Å²) in [5.74, 6) is 0.345. The minimum Gasteiger partial charge on any atom is -0.497 e. The van der Waals surface area contributed by atoms with Crippen LogP contribution in [-0.2, 0) is 5.60 Å². The summed E-state index contributed by atoms with van der Waals surface area (Å²) in [5, 5.41) is 10.5. The molecular formula is C16H16O3. The van der Waals surface area contributed by atoms with Crippen molar-refractivity contribution in [3.63, 3.8) is 0 Å². The standard InChI is InChI=1S/C16H16O3/c1-16(18,13-6-4-3-5-7-13)15(17)12-8-10-14(19-2)11-9-12/h3-11,18H,1-2H3/t16-/m1/s1. The number of benzene rings is 2. The molecular weight excluding hydrogens is 240 g/mol. The number of ketones is 1. The summed E-state index contributed by atoms with van der Waals surface area (Å²) in [5.41, 5.74) is -0.499. The summed E-state index contributed by atoms with van der Waals surface area (Å²) >= 11 is 0. The first-order chi connectivity index (χ1) is 9.05. The fraction of sp³-hybridized carbons (Fsp3) is 0.188. The molecule has 0 saturated carbocycles. The Labute approximate surface area is 112 Å². The summed E-state index contributed by atoms with van der Waals surface area (Å²) in [7, 11) is 1.57. The van der Waals surface area contributed by atoms with E-state index in [0.717, 1.165) is 0 Å². The van der Waals surface area contributed by atoms with E-state index in [1.807, 2.05) is 6.07 Å². The Morgan fingerprint density at radius 1 is 1.05 bits per heavy atom. The third-order valence-electron chi connectivity index (χ3n) is 3.13. The van der Waals surface area contributed by atoms with E-state index < -0.39 is 5.60 Å². The number of rotatable bonds is 4. The Hall–Kier alpha value is -2.13. The van der Waals surface area contributed by atoms with Crippen LogP contribution in [0, 0.1) is 0 Å². The molecule has 19 heavy (non-hydrogen) atoms. The third-order valence-corrected chi connectivity index (χ3v) is 3.13. The second-order valence-corrected chi connectivity index (χ2v) is 4.50. The number of hydrogen-bond acceptors (Lipinski definition) is 3. The zero-order valence-electron chi connectivity index (χ0n) is 11.0. The molecule has 0 spiro atoms. The Bertz CT molecular complexity index is 556. The van der Waals surface area contributed by atoms with Gasteiger partial charge in [0.05, 0.1) is 7.11 Å². The normalized spacial score (nSPS) is 13.6. The molecule has 0 amide bonds. The van der Waals surface area contributed by atoms with Crippen LogP contribution in [0.1, 0.15) is 22.8 Å². The largest absolute Gasteiger partial charge is 0.497 e. The van der Waals surface area contributed by atoms with E-state index in [1.165, 1.54) is 6.92 Å². The summed E-state index contributed by atoms with van der Waals surface area (Å²) in [6.45, 7) is 1.51. The maximum Gasteiger partial charge on any atom is 0.198 e. The first-order valence-corrected chi connectivity index (χ1v) is 6.02. The van der Waals surface area contributed by atoms with Gasteiger partial charge in [-0.3, -0.25) is 4.79 Å². The lowest BCUT2D eigenvalue weighted by atomic mass is 9.88. The molecule has 1 N–H and O–H groups in total. The van der Waals surface area contributed by atoms with Crippen LogP contribution in [0.3, 0.4) is 0 Å². The molecule has 0 aliphatic heterocycles. The van der Waals surface area contributed by atoms with Gasteiger partial charge in [-0.1, -0.05) is 30.3 Å². The minimum atomic E-state index is -1.53. The van der Waals surface area contributed by atoms with E-state index in [4.69, 9.17) is 4.74 Å². The van der Waals surface area contributed by atoms with Crippen LogP contribution >= 0.6 is 0 Å². The third kappa shape index (κ3) is 2.66. The minimum absolute atomic E-state index is 0.332. The highest BCUT2D eigenvalue weighted by molar-refractivity contribution is 6.02. The average molecular weight is 256 g/mol. The number of aliphatic hydroxyl groups is 1. The fourth-order valence-corrected chi connectivity index (χ4v) is 1.92. The highest BCUT2D eigenvalue weighted by atomic mass is 16.5. The average Bonchev–Trinajstić information content (AvgIpc) is 2.47. The lowest BCUT2D eigenvalue weighted by Crippen LogP contribution is -2.32. The highest BCUT2D eigenvalue weighted by Crippen LogP contribution is 2.26. The molecule has 0 heterocycles. The smallest absolute Gasteiger partial charge is 0.198 e.